The van der Waals surface area contributed by atoms with Crippen molar-refractivity contribution in [2.24, 2.45) is 0 Å². The van der Waals surface area contributed by atoms with E-state index in [2.05, 4.69) is 10.3 Å². The summed E-state index contributed by atoms with van der Waals surface area (Å²) in [6.07, 6.45) is 0.229. The third-order valence-electron chi connectivity index (χ3n) is 5.62. The normalized spacial score (nSPS) is 26.3. The molecule has 2 saturated heterocycles. The molecular weight excluding hydrogens is 418 g/mol. The van der Waals surface area contributed by atoms with Gasteiger partial charge >= 0.3 is 5.69 Å². The molecule has 2 fully saturated rings. The summed E-state index contributed by atoms with van der Waals surface area (Å²) in [6.45, 7) is 3.99. The summed E-state index contributed by atoms with van der Waals surface area (Å²) in [5.74, 6) is -0.293. The standard InChI is InChI=1S/C22H27N3O7/c1-22(2)31-19-15(25-9-8-17(26)24-21(25)28)12-30-16(20(19)32-22)11-23-18(27)10-13-4-6-14(29-3)7-5-13/h4-9,15-16,19-20H,10-12H2,1-3H3,(H,23,27)(H,24,26,28)/t15-,16-,19+,20-/m1/s1. The molecule has 32 heavy (non-hydrogen) atoms. The molecule has 1 aromatic carbocycles. The first-order valence-electron chi connectivity index (χ1n) is 10.4. The van der Waals surface area contributed by atoms with Gasteiger partial charge in [-0.05, 0) is 31.5 Å². The lowest BCUT2D eigenvalue weighted by atomic mass is 9.97. The number of carbonyl (C=O) groups excluding carboxylic acids is 1. The van der Waals surface area contributed by atoms with Gasteiger partial charge in [-0.15, -0.1) is 0 Å². The zero-order valence-electron chi connectivity index (χ0n) is 18.2. The van der Waals surface area contributed by atoms with Gasteiger partial charge in [0.05, 0.1) is 26.2 Å². The quantitative estimate of drug-likeness (QED) is 0.659. The van der Waals surface area contributed by atoms with Gasteiger partial charge in [-0.1, -0.05) is 12.1 Å². The van der Waals surface area contributed by atoms with Crippen LogP contribution in [0.2, 0.25) is 0 Å². The van der Waals surface area contributed by atoms with E-state index >= 15 is 0 Å². The Morgan fingerprint density at radius 2 is 1.91 bits per heavy atom. The van der Waals surface area contributed by atoms with Gasteiger partial charge in [-0.25, -0.2) is 4.79 Å². The molecule has 172 valence electrons. The smallest absolute Gasteiger partial charge is 0.328 e. The van der Waals surface area contributed by atoms with E-state index in [4.69, 9.17) is 18.9 Å². The Balaban J connectivity index is 1.42. The lowest BCUT2D eigenvalue weighted by molar-refractivity contribution is -0.153. The summed E-state index contributed by atoms with van der Waals surface area (Å²) < 4.78 is 24.6. The van der Waals surface area contributed by atoms with Crippen LogP contribution in [0.1, 0.15) is 25.5 Å². The number of carbonyl (C=O) groups is 1. The first-order valence-corrected chi connectivity index (χ1v) is 10.4. The molecule has 0 saturated carbocycles. The molecule has 10 nitrogen and oxygen atoms in total. The fourth-order valence-corrected chi connectivity index (χ4v) is 4.12. The summed E-state index contributed by atoms with van der Waals surface area (Å²) in [7, 11) is 1.59. The van der Waals surface area contributed by atoms with E-state index in [1.807, 2.05) is 24.3 Å². The van der Waals surface area contributed by atoms with Crippen LogP contribution in [0.15, 0.2) is 46.1 Å². The van der Waals surface area contributed by atoms with Crippen molar-refractivity contribution in [1.29, 1.82) is 0 Å². The molecule has 2 aromatic rings. The van der Waals surface area contributed by atoms with Gasteiger partial charge in [0.2, 0.25) is 5.91 Å². The maximum absolute atomic E-state index is 12.4. The lowest BCUT2D eigenvalue weighted by Gasteiger charge is -2.37. The van der Waals surface area contributed by atoms with Gasteiger partial charge in [0.15, 0.2) is 5.79 Å². The second kappa shape index (κ2) is 8.89. The number of nitrogens with one attached hydrogen (secondary N) is 2. The molecule has 1 aromatic heterocycles. The van der Waals surface area contributed by atoms with E-state index in [0.717, 1.165) is 11.3 Å². The van der Waals surface area contributed by atoms with Gasteiger partial charge in [-0.2, -0.15) is 0 Å². The van der Waals surface area contributed by atoms with Gasteiger partial charge in [0, 0.05) is 18.8 Å². The summed E-state index contributed by atoms with van der Waals surface area (Å²) >= 11 is 0. The topological polar surface area (TPSA) is 121 Å². The minimum atomic E-state index is -0.877. The Kier molecular flexibility index (Phi) is 6.18. The molecule has 4 atom stereocenters. The van der Waals surface area contributed by atoms with Crippen molar-refractivity contribution in [2.45, 2.75) is 50.4 Å². The number of hydrogen-bond acceptors (Lipinski definition) is 7. The average Bonchev–Trinajstić information content (AvgIpc) is 3.08. The number of amides is 1. The molecule has 2 N–H and O–H groups in total. The highest BCUT2D eigenvalue weighted by atomic mass is 16.8. The van der Waals surface area contributed by atoms with Crippen LogP contribution >= 0.6 is 0 Å². The summed E-state index contributed by atoms with van der Waals surface area (Å²) in [6, 6.07) is 8.10. The van der Waals surface area contributed by atoms with Gasteiger partial charge < -0.3 is 24.3 Å². The fourth-order valence-electron chi connectivity index (χ4n) is 4.12. The number of methoxy groups -OCH3 is 1. The van der Waals surface area contributed by atoms with E-state index < -0.39 is 41.4 Å². The number of hydrogen-bond donors (Lipinski definition) is 2. The number of nitrogens with zero attached hydrogens (tertiary/aromatic N) is 1. The lowest BCUT2D eigenvalue weighted by Crippen LogP contribution is -2.54. The zero-order valence-corrected chi connectivity index (χ0v) is 18.2. The fraction of sp³-hybridized carbons (Fsp3) is 0.500. The van der Waals surface area contributed by atoms with Crippen LogP contribution in [-0.2, 0) is 25.4 Å². The second-order valence-electron chi connectivity index (χ2n) is 8.35. The minimum Gasteiger partial charge on any atom is -0.497 e. The van der Waals surface area contributed by atoms with Crippen molar-refractivity contribution in [1.82, 2.24) is 14.9 Å². The van der Waals surface area contributed by atoms with E-state index in [-0.39, 0.29) is 25.5 Å². The van der Waals surface area contributed by atoms with Crippen LogP contribution in [0.4, 0.5) is 0 Å². The number of rotatable bonds is 6. The summed E-state index contributed by atoms with van der Waals surface area (Å²) in [5.41, 5.74) is -0.143. The summed E-state index contributed by atoms with van der Waals surface area (Å²) in [5, 5.41) is 2.90. The Morgan fingerprint density at radius 3 is 2.59 bits per heavy atom. The predicted octanol–water partition coefficient (Wildman–Crippen LogP) is 0.364. The molecule has 1 amide bonds. The first-order chi connectivity index (χ1) is 15.3. The number of aromatic nitrogens is 2. The van der Waals surface area contributed by atoms with Crippen LogP contribution in [-0.4, -0.2) is 59.8 Å². The molecule has 2 aliphatic heterocycles. The Hall–Kier alpha value is -2.95. The van der Waals surface area contributed by atoms with Crippen molar-refractivity contribution in [3.63, 3.8) is 0 Å². The molecule has 0 radical (unpaired) electrons. The van der Waals surface area contributed by atoms with E-state index in [1.165, 1.54) is 16.8 Å². The third-order valence-corrected chi connectivity index (χ3v) is 5.62. The van der Waals surface area contributed by atoms with Crippen LogP contribution in [0.3, 0.4) is 0 Å². The number of fused-ring (bicyclic) bond motifs is 1. The molecule has 4 rings (SSSR count). The Labute approximate surface area is 184 Å². The molecule has 0 bridgehead atoms. The predicted molar refractivity (Wildman–Crippen MR) is 114 cm³/mol. The van der Waals surface area contributed by atoms with Crippen LogP contribution in [0, 0.1) is 0 Å². The number of H-pyrrole nitrogens is 1. The molecule has 10 heteroatoms. The summed E-state index contributed by atoms with van der Waals surface area (Å²) in [4.78, 5) is 38.4. The minimum absolute atomic E-state index is 0.146. The average molecular weight is 445 g/mol. The highest BCUT2D eigenvalue weighted by molar-refractivity contribution is 5.78. The number of aromatic amines is 1. The van der Waals surface area contributed by atoms with Crippen LogP contribution < -0.4 is 21.3 Å². The van der Waals surface area contributed by atoms with E-state index in [0.29, 0.717) is 0 Å². The maximum atomic E-state index is 12.4. The van der Waals surface area contributed by atoms with Crippen molar-refractivity contribution in [2.75, 3.05) is 20.3 Å². The first kappa shape index (κ1) is 22.3. The molecule has 3 heterocycles. The van der Waals surface area contributed by atoms with Gasteiger partial charge in [0.25, 0.3) is 5.56 Å². The SMILES string of the molecule is COc1ccc(CC(=O)NC[C@H]2OC[C@@H](n3ccc(=O)[nH]c3=O)[C@@H]3OC(C)(C)O[C@@H]32)cc1. The molecule has 0 spiro atoms. The molecule has 2 aliphatic rings. The highest BCUT2D eigenvalue weighted by Crippen LogP contribution is 2.39. The Bertz CT molecular complexity index is 1080. The highest BCUT2D eigenvalue weighted by Gasteiger charge is 2.52. The third kappa shape index (κ3) is 4.77. The zero-order chi connectivity index (χ0) is 22.9. The van der Waals surface area contributed by atoms with Gasteiger partial charge in [0.1, 0.15) is 24.1 Å². The molecular formula is C22H27N3O7. The van der Waals surface area contributed by atoms with Crippen molar-refractivity contribution >= 4 is 5.91 Å². The number of ether oxygens (including phenoxy) is 4. The van der Waals surface area contributed by atoms with E-state index in [1.54, 1.807) is 21.0 Å². The van der Waals surface area contributed by atoms with Crippen LogP contribution in [0.25, 0.3) is 0 Å². The largest absolute Gasteiger partial charge is 0.497 e. The molecule has 0 aliphatic carbocycles. The second-order valence-corrected chi connectivity index (χ2v) is 8.35. The molecule has 0 unspecified atom stereocenters. The van der Waals surface area contributed by atoms with Crippen molar-refractivity contribution in [3.05, 3.63) is 62.9 Å². The van der Waals surface area contributed by atoms with Crippen molar-refractivity contribution in [3.8, 4) is 5.75 Å². The van der Waals surface area contributed by atoms with E-state index in [9.17, 15) is 14.4 Å². The number of benzene rings is 1. The van der Waals surface area contributed by atoms with Gasteiger partial charge in [-0.3, -0.25) is 19.1 Å². The monoisotopic (exact) mass is 445 g/mol. The van der Waals surface area contributed by atoms with Crippen molar-refractivity contribution < 1.29 is 23.7 Å². The Morgan fingerprint density at radius 1 is 1.19 bits per heavy atom. The van der Waals surface area contributed by atoms with Crippen LogP contribution in [0.5, 0.6) is 5.75 Å². The maximum Gasteiger partial charge on any atom is 0.328 e.